The SMILES string of the molecule is COCCN(c1cc(N)cc([N+](=O)[O-])c1)C(C)COC. The molecule has 0 aliphatic heterocycles. The number of nitrogens with two attached hydrogens (primary N) is 1. The number of nitrogen functional groups attached to an aromatic ring is 1. The summed E-state index contributed by atoms with van der Waals surface area (Å²) in [5.41, 5.74) is 6.78. The Hall–Kier alpha value is -1.86. The number of nitro groups is 1. The lowest BCUT2D eigenvalue weighted by Crippen LogP contribution is -2.38. The highest BCUT2D eigenvalue weighted by molar-refractivity contribution is 5.63. The maximum Gasteiger partial charge on any atom is 0.273 e. The van der Waals surface area contributed by atoms with Gasteiger partial charge in [-0.3, -0.25) is 10.1 Å². The fourth-order valence-corrected chi connectivity index (χ4v) is 2.01. The molecule has 0 aromatic heterocycles. The first-order valence-electron chi connectivity index (χ1n) is 6.29. The van der Waals surface area contributed by atoms with E-state index in [4.69, 9.17) is 15.2 Å². The third-order valence-electron chi connectivity index (χ3n) is 2.94. The molecular formula is C13H21N3O4. The molecular weight excluding hydrogens is 262 g/mol. The van der Waals surface area contributed by atoms with Gasteiger partial charge in [-0.15, -0.1) is 0 Å². The van der Waals surface area contributed by atoms with Gasteiger partial charge in [0.1, 0.15) is 0 Å². The zero-order chi connectivity index (χ0) is 15.1. The van der Waals surface area contributed by atoms with Gasteiger partial charge >= 0.3 is 0 Å². The van der Waals surface area contributed by atoms with Crippen LogP contribution in [-0.2, 0) is 9.47 Å². The topological polar surface area (TPSA) is 90.9 Å². The Morgan fingerprint density at radius 1 is 1.35 bits per heavy atom. The molecule has 0 spiro atoms. The van der Waals surface area contributed by atoms with Crippen LogP contribution in [0.1, 0.15) is 6.92 Å². The summed E-state index contributed by atoms with van der Waals surface area (Å²) < 4.78 is 10.2. The van der Waals surface area contributed by atoms with Crippen LogP contribution in [0.25, 0.3) is 0 Å². The van der Waals surface area contributed by atoms with Crippen molar-refractivity contribution in [2.24, 2.45) is 0 Å². The van der Waals surface area contributed by atoms with Gasteiger partial charge in [0.2, 0.25) is 0 Å². The summed E-state index contributed by atoms with van der Waals surface area (Å²) in [5.74, 6) is 0. The quantitative estimate of drug-likeness (QED) is 0.443. The maximum absolute atomic E-state index is 10.9. The predicted octanol–water partition coefficient (Wildman–Crippen LogP) is 1.66. The molecule has 2 N–H and O–H groups in total. The number of ether oxygens (including phenoxy) is 2. The summed E-state index contributed by atoms with van der Waals surface area (Å²) in [7, 11) is 3.23. The van der Waals surface area contributed by atoms with Gasteiger partial charge in [0.15, 0.2) is 0 Å². The standard InChI is InChI=1S/C13H21N3O4/c1-10(9-20-3)15(4-5-19-2)12-6-11(14)7-13(8-12)16(17)18/h6-8,10H,4-5,9,14H2,1-3H3. The smallest absolute Gasteiger partial charge is 0.273 e. The van der Waals surface area contributed by atoms with Gasteiger partial charge in [0.25, 0.3) is 5.69 Å². The van der Waals surface area contributed by atoms with E-state index in [1.54, 1.807) is 20.3 Å². The molecule has 1 rings (SSSR count). The summed E-state index contributed by atoms with van der Waals surface area (Å²) in [4.78, 5) is 12.5. The Morgan fingerprint density at radius 2 is 2.05 bits per heavy atom. The Labute approximate surface area is 118 Å². The molecule has 1 unspecified atom stereocenters. The molecule has 0 bridgehead atoms. The molecule has 7 heteroatoms. The van der Waals surface area contributed by atoms with Crippen molar-refractivity contribution < 1.29 is 14.4 Å². The van der Waals surface area contributed by atoms with Crippen LogP contribution in [0.5, 0.6) is 0 Å². The van der Waals surface area contributed by atoms with Crippen molar-refractivity contribution in [3.63, 3.8) is 0 Å². The Balaban J connectivity index is 3.08. The normalized spacial score (nSPS) is 12.2. The number of hydrogen-bond donors (Lipinski definition) is 1. The number of hydrogen-bond acceptors (Lipinski definition) is 6. The summed E-state index contributed by atoms with van der Waals surface area (Å²) >= 11 is 0. The molecule has 0 saturated carbocycles. The van der Waals surface area contributed by atoms with Gasteiger partial charge in [-0.25, -0.2) is 0 Å². The largest absolute Gasteiger partial charge is 0.398 e. The molecule has 1 aromatic rings. The first-order chi connectivity index (χ1) is 9.49. The lowest BCUT2D eigenvalue weighted by molar-refractivity contribution is -0.384. The van der Waals surface area contributed by atoms with Crippen molar-refractivity contribution in [1.82, 2.24) is 0 Å². The molecule has 0 aliphatic rings. The van der Waals surface area contributed by atoms with Crippen molar-refractivity contribution in [2.75, 3.05) is 44.6 Å². The maximum atomic E-state index is 10.9. The van der Waals surface area contributed by atoms with Crippen molar-refractivity contribution in [3.8, 4) is 0 Å². The second-order valence-electron chi connectivity index (χ2n) is 4.53. The fraction of sp³-hybridized carbons (Fsp3) is 0.538. The summed E-state index contributed by atoms with van der Waals surface area (Å²) in [5, 5.41) is 10.9. The highest BCUT2D eigenvalue weighted by atomic mass is 16.6. The Morgan fingerprint density at radius 3 is 2.60 bits per heavy atom. The van der Waals surface area contributed by atoms with Gasteiger partial charge in [-0.05, 0) is 13.0 Å². The van der Waals surface area contributed by atoms with Gasteiger partial charge in [-0.1, -0.05) is 0 Å². The van der Waals surface area contributed by atoms with Crippen LogP contribution in [0.4, 0.5) is 17.1 Å². The molecule has 20 heavy (non-hydrogen) atoms. The summed E-state index contributed by atoms with van der Waals surface area (Å²) in [6.07, 6.45) is 0. The molecule has 0 fully saturated rings. The van der Waals surface area contributed by atoms with E-state index in [0.717, 1.165) is 0 Å². The average molecular weight is 283 g/mol. The molecule has 1 aromatic carbocycles. The van der Waals surface area contributed by atoms with Gasteiger partial charge in [-0.2, -0.15) is 0 Å². The van der Waals surface area contributed by atoms with Crippen LogP contribution in [0, 0.1) is 10.1 Å². The van der Waals surface area contributed by atoms with Crippen LogP contribution in [-0.4, -0.2) is 44.9 Å². The zero-order valence-electron chi connectivity index (χ0n) is 12.0. The van der Waals surface area contributed by atoms with Crippen LogP contribution < -0.4 is 10.6 Å². The number of benzene rings is 1. The number of anilines is 2. The molecule has 0 aliphatic carbocycles. The minimum Gasteiger partial charge on any atom is -0.398 e. The molecule has 112 valence electrons. The summed E-state index contributed by atoms with van der Waals surface area (Å²) in [6.45, 7) is 3.60. The van der Waals surface area contributed by atoms with Crippen molar-refractivity contribution in [1.29, 1.82) is 0 Å². The highest BCUT2D eigenvalue weighted by Crippen LogP contribution is 2.26. The number of rotatable bonds is 8. The van der Waals surface area contributed by atoms with Gasteiger partial charge in [0.05, 0.1) is 18.1 Å². The Kier molecular flexibility index (Phi) is 6.20. The third-order valence-corrected chi connectivity index (χ3v) is 2.94. The highest BCUT2D eigenvalue weighted by Gasteiger charge is 2.18. The van der Waals surface area contributed by atoms with E-state index in [1.165, 1.54) is 12.1 Å². The average Bonchev–Trinajstić information content (AvgIpc) is 2.38. The molecule has 1 atom stereocenters. The lowest BCUT2D eigenvalue weighted by atomic mass is 10.2. The van der Waals surface area contributed by atoms with Crippen molar-refractivity contribution >= 4 is 17.1 Å². The van der Waals surface area contributed by atoms with E-state index in [0.29, 0.717) is 31.1 Å². The molecule has 7 nitrogen and oxygen atoms in total. The fourth-order valence-electron chi connectivity index (χ4n) is 2.01. The number of non-ortho nitro benzene ring substituents is 1. The first kappa shape index (κ1) is 16.2. The second-order valence-corrected chi connectivity index (χ2v) is 4.53. The molecule has 0 heterocycles. The monoisotopic (exact) mass is 283 g/mol. The van der Waals surface area contributed by atoms with Crippen molar-refractivity contribution in [2.45, 2.75) is 13.0 Å². The van der Waals surface area contributed by atoms with E-state index in [-0.39, 0.29) is 11.7 Å². The zero-order valence-corrected chi connectivity index (χ0v) is 12.0. The van der Waals surface area contributed by atoms with E-state index < -0.39 is 4.92 Å². The van der Waals surface area contributed by atoms with Crippen LogP contribution >= 0.6 is 0 Å². The van der Waals surface area contributed by atoms with E-state index >= 15 is 0 Å². The van der Waals surface area contributed by atoms with Gasteiger partial charge in [0, 0.05) is 50.3 Å². The minimum atomic E-state index is -0.449. The van der Waals surface area contributed by atoms with Crippen LogP contribution in [0.2, 0.25) is 0 Å². The van der Waals surface area contributed by atoms with E-state index in [9.17, 15) is 10.1 Å². The lowest BCUT2D eigenvalue weighted by Gasteiger charge is -2.30. The molecule has 0 amide bonds. The van der Waals surface area contributed by atoms with E-state index in [2.05, 4.69) is 0 Å². The van der Waals surface area contributed by atoms with Crippen LogP contribution in [0.3, 0.4) is 0 Å². The number of nitro benzene ring substituents is 1. The Bertz CT molecular complexity index is 453. The first-order valence-corrected chi connectivity index (χ1v) is 6.29. The van der Waals surface area contributed by atoms with Crippen molar-refractivity contribution in [3.05, 3.63) is 28.3 Å². The number of nitrogens with zero attached hydrogens (tertiary/aromatic N) is 2. The third kappa shape index (κ3) is 4.36. The number of methoxy groups -OCH3 is 2. The minimum absolute atomic E-state index is 0.0213. The van der Waals surface area contributed by atoms with E-state index in [1.807, 2.05) is 11.8 Å². The second kappa shape index (κ2) is 7.66. The predicted molar refractivity (Wildman–Crippen MR) is 78.1 cm³/mol. The molecule has 0 radical (unpaired) electrons. The molecule has 0 saturated heterocycles. The van der Waals surface area contributed by atoms with Gasteiger partial charge < -0.3 is 20.1 Å². The van der Waals surface area contributed by atoms with Crippen LogP contribution in [0.15, 0.2) is 18.2 Å². The summed E-state index contributed by atoms with van der Waals surface area (Å²) in [6, 6.07) is 4.63.